The molecule has 0 radical (unpaired) electrons. The lowest BCUT2D eigenvalue weighted by molar-refractivity contribution is -0.137. The molecular formula is C30H31N5O4S. The Hall–Kier alpha value is -4.44. The van der Waals surface area contributed by atoms with Gasteiger partial charge >= 0.3 is 0 Å². The third-order valence-electron chi connectivity index (χ3n) is 6.03. The van der Waals surface area contributed by atoms with Crippen LogP contribution in [0.4, 0.5) is 5.69 Å². The summed E-state index contributed by atoms with van der Waals surface area (Å²) in [5.41, 5.74) is 3.65. The smallest absolute Gasteiger partial charge is 0.251 e. The van der Waals surface area contributed by atoms with Gasteiger partial charge in [-0.2, -0.15) is 0 Å². The molecule has 10 heteroatoms. The average molecular weight is 558 g/mol. The molecule has 2 heterocycles. The molecule has 0 saturated carbocycles. The van der Waals surface area contributed by atoms with Crippen molar-refractivity contribution < 1.29 is 19.1 Å². The summed E-state index contributed by atoms with van der Waals surface area (Å²) in [5, 5.41) is 3.47. The van der Waals surface area contributed by atoms with Gasteiger partial charge in [-0.05, 0) is 73.5 Å². The zero-order valence-electron chi connectivity index (χ0n) is 22.8. The van der Waals surface area contributed by atoms with Gasteiger partial charge in [0.25, 0.3) is 5.91 Å². The minimum absolute atomic E-state index is 0.0472. The maximum atomic E-state index is 13.9. The monoisotopic (exact) mass is 557 g/mol. The van der Waals surface area contributed by atoms with Gasteiger partial charge in [0.15, 0.2) is 5.16 Å². The van der Waals surface area contributed by atoms with Gasteiger partial charge in [0.05, 0.1) is 20.0 Å². The van der Waals surface area contributed by atoms with Gasteiger partial charge in [0, 0.05) is 36.0 Å². The number of benzene rings is 2. The number of methoxy groups -OCH3 is 2. The van der Waals surface area contributed by atoms with Crippen LogP contribution in [0.1, 0.15) is 28.6 Å². The standard InChI is InChI=1S/C30H31N5O4S/c1-20-16-21(2)33-30(32-20)40-19-27(36)35(18-22-6-5-15-31-17-22)28(23-7-11-25(38-3)12-8-23)29(37)34-24-9-13-26(39-4)14-10-24/h5-17,28H,18-19H2,1-4H3,(H,34,37). The predicted octanol–water partition coefficient (Wildman–Crippen LogP) is 5.01. The van der Waals surface area contributed by atoms with E-state index in [0.717, 1.165) is 17.0 Å². The number of nitrogens with zero attached hydrogens (tertiary/aromatic N) is 4. The van der Waals surface area contributed by atoms with Crippen LogP contribution in [0.3, 0.4) is 0 Å². The van der Waals surface area contributed by atoms with Crippen LogP contribution in [0.5, 0.6) is 11.5 Å². The van der Waals surface area contributed by atoms with E-state index in [1.54, 1.807) is 86.1 Å². The molecule has 40 heavy (non-hydrogen) atoms. The lowest BCUT2D eigenvalue weighted by Crippen LogP contribution is -2.41. The van der Waals surface area contributed by atoms with Crippen LogP contribution in [0.25, 0.3) is 0 Å². The van der Waals surface area contributed by atoms with Gasteiger partial charge in [0.1, 0.15) is 17.5 Å². The number of ether oxygens (including phenoxy) is 2. The fourth-order valence-electron chi connectivity index (χ4n) is 4.12. The Labute approximate surface area is 238 Å². The number of amides is 2. The number of aryl methyl sites for hydroxylation is 2. The van der Waals surface area contributed by atoms with Crippen molar-refractivity contribution in [3.05, 3.63) is 102 Å². The first-order chi connectivity index (χ1) is 19.4. The SMILES string of the molecule is COc1ccc(NC(=O)C(c2ccc(OC)cc2)N(Cc2cccnc2)C(=O)CSc2nc(C)cc(C)n2)cc1. The van der Waals surface area contributed by atoms with E-state index in [0.29, 0.717) is 27.9 Å². The first-order valence-electron chi connectivity index (χ1n) is 12.6. The molecule has 0 aliphatic carbocycles. The summed E-state index contributed by atoms with van der Waals surface area (Å²) in [6.07, 6.45) is 3.35. The number of aromatic nitrogens is 3. The molecule has 2 amide bonds. The number of carbonyl (C=O) groups is 2. The van der Waals surface area contributed by atoms with E-state index in [-0.39, 0.29) is 24.1 Å². The van der Waals surface area contributed by atoms with E-state index in [2.05, 4.69) is 20.3 Å². The second-order valence-corrected chi connectivity index (χ2v) is 9.94. The molecule has 1 unspecified atom stereocenters. The molecule has 4 rings (SSSR count). The topological polar surface area (TPSA) is 107 Å². The quantitative estimate of drug-likeness (QED) is 0.203. The van der Waals surface area contributed by atoms with E-state index >= 15 is 0 Å². The zero-order chi connectivity index (χ0) is 28.5. The lowest BCUT2D eigenvalue weighted by atomic mass is 10.0. The number of anilines is 1. The van der Waals surface area contributed by atoms with Crippen molar-refractivity contribution in [3.63, 3.8) is 0 Å². The molecule has 0 aliphatic rings. The zero-order valence-corrected chi connectivity index (χ0v) is 23.6. The van der Waals surface area contributed by atoms with Gasteiger partial charge in [-0.25, -0.2) is 9.97 Å². The Morgan fingerprint density at radius 1 is 0.925 bits per heavy atom. The lowest BCUT2D eigenvalue weighted by Gasteiger charge is -2.31. The van der Waals surface area contributed by atoms with Crippen molar-refractivity contribution in [1.29, 1.82) is 0 Å². The second-order valence-electron chi connectivity index (χ2n) is 9.00. The first-order valence-corrected chi connectivity index (χ1v) is 13.6. The predicted molar refractivity (Wildman–Crippen MR) is 154 cm³/mol. The number of thioether (sulfide) groups is 1. The van der Waals surface area contributed by atoms with Crippen molar-refractivity contribution in [1.82, 2.24) is 19.9 Å². The van der Waals surface area contributed by atoms with Crippen LogP contribution in [-0.2, 0) is 16.1 Å². The number of rotatable bonds is 11. The number of hydrogen-bond donors (Lipinski definition) is 1. The third kappa shape index (κ3) is 7.57. The highest BCUT2D eigenvalue weighted by Gasteiger charge is 2.32. The van der Waals surface area contributed by atoms with Crippen molar-refractivity contribution in [2.45, 2.75) is 31.6 Å². The molecule has 1 atom stereocenters. The minimum atomic E-state index is -0.943. The Morgan fingerprint density at radius 3 is 2.12 bits per heavy atom. The van der Waals surface area contributed by atoms with Crippen LogP contribution in [-0.4, -0.2) is 51.6 Å². The number of hydrogen-bond acceptors (Lipinski definition) is 8. The summed E-state index contributed by atoms with van der Waals surface area (Å²) in [6.45, 7) is 3.95. The van der Waals surface area contributed by atoms with E-state index in [4.69, 9.17) is 9.47 Å². The molecule has 206 valence electrons. The number of pyridine rings is 1. The fraction of sp³-hybridized carbons (Fsp3) is 0.233. The first kappa shape index (κ1) is 28.6. The molecule has 0 saturated heterocycles. The van der Waals surface area contributed by atoms with Gasteiger partial charge in [-0.3, -0.25) is 14.6 Å². The maximum absolute atomic E-state index is 13.9. The van der Waals surface area contributed by atoms with Gasteiger partial charge in [-0.1, -0.05) is 30.0 Å². The summed E-state index contributed by atoms with van der Waals surface area (Å²) >= 11 is 1.24. The highest BCUT2D eigenvalue weighted by atomic mass is 32.2. The van der Waals surface area contributed by atoms with Crippen molar-refractivity contribution >= 4 is 29.3 Å². The van der Waals surface area contributed by atoms with E-state index in [1.165, 1.54) is 11.8 Å². The van der Waals surface area contributed by atoms with Crippen LogP contribution >= 0.6 is 11.8 Å². The Morgan fingerprint density at radius 2 is 1.55 bits per heavy atom. The molecule has 0 aliphatic heterocycles. The Kier molecular flexibility index (Phi) is 9.69. The summed E-state index contributed by atoms with van der Waals surface area (Å²) in [6, 6.07) is 18.8. The average Bonchev–Trinajstić information content (AvgIpc) is 2.96. The second kappa shape index (κ2) is 13.6. The van der Waals surface area contributed by atoms with E-state index in [1.807, 2.05) is 26.0 Å². The molecule has 0 bridgehead atoms. The highest BCUT2D eigenvalue weighted by molar-refractivity contribution is 7.99. The van der Waals surface area contributed by atoms with Crippen molar-refractivity contribution in [2.24, 2.45) is 0 Å². The summed E-state index contributed by atoms with van der Waals surface area (Å²) in [4.78, 5) is 42.4. The van der Waals surface area contributed by atoms with Crippen LogP contribution < -0.4 is 14.8 Å². The summed E-state index contributed by atoms with van der Waals surface area (Å²) in [7, 11) is 3.16. The van der Waals surface area contributed by atoms with Crippen molar-refractivity contribution in [2.75, 3.05) is 25.3 Å². The molecule has 4 aromatic rings. The molecule has 2 aromatic carbocycles. The molecule has 2 aromatic heterocycles. The fourth-order valence-corrected chi connectivity index (χ4v) is 4.96. The maximum Gasteiger partial charge on any atom is 0.251 e. The summed E-state index contributed by atoms with van der Waals surface area (Å²) in [5.74, 6) is 0.753. The van der Waals surface area contributed by atoms with E-state index in [9.17, 15) is 9.59 Å². The molecule has 0 fully saturated rings. The molecule has 9 nitrogen and oxygen atoms in total. The molecule has 1 N–H and O–H groups in total. The largest absolute Gasteiger partial charge is 0.497 e. The number of carbonyl (C=O) groups excluding carboxylic acids is 2. The van der Waals surface area contributed by atoms with Crippen LogP contribution in [0.15, 0.2) is 84.3 Å². The Balaban J connectivity index is 1.69. The molecule has 0 spiro atoms. The van der Waals surface area contributed by atoms with Crippen molar-refractivity contribution in [3.8, 4) is 11.5 Å². The van der Waals surface area contributed by atoms with Crippen LogP contribution in [0, 0.1) is 13.8 Å². The minimum Gasteiger partial charge on any atom is -0.497 e. The normalized spacial score (nSPS) is 11.4. The third-order valence-corrected chi connectivity index (χ3v) is 6.86. The summed E-state index contributed by atoms with van der Waals surface area (Å²) < 4.78 is 10.5. The van der Waals surface area contributed by atoms with Gasteiger partial charge < -0.3 is 19.7 Å². The van der Waals surface area contributed by atoms with Gasteiger partial charge in [0.2, 0.25) is 5.91 Å². The highest BCUT2D eigenvalue weighted by Crippen LogP contribution is 2.29. The molecular weight excluding hydrogens is 526 g/mol. The van der Waals surface area contributed by atoms with Gasteiger partial charge in [-0.15, -0.1) is 0 Å². The van der Waals surface area contributed by atoms with E-state index < -0.39 is 6.04 Å². The van der Waals surface area contributed by atoms with Crippen LogP contribution in [0.2, 0.25) is 0 Å². The Bertz CT molecular complexity index is 1410. The number of nitrogens with one attached hydrogen (secondary N) is 1.